The Kier molecular flexibility index (Phi) is 4.44. The minimum atomic E-state index is -3.95. The zero-order valence-electron chi connectivity index (χ0n) is 15.1. The van der Waals surface area contributed by atoms with Gasteiger partial charge in [0.05, 0.1) is 22.7 Å². The zero-order valence-corrected chi connectivity index (χ0v) is 16.7. The van der Waals surface area contributed by atoms with Crippen molar-refractivity contribution in [3.8, 4) is 5.75 Å². The fourth-order valence-corrected chi connectivity index (χ4v) is 5.24. The summed E-state index contributed by atoms with van der Waals surface area (Å²) in [6, 6.07) is 3.95. The van der Waals surface area contributed by atoms with Crippen LogP contribution in [0.15, 0.2) is 23.2 Å². The predicted molar refractivity (Wildman–Crippen MR) is 98.8 cm³/mol. The van der Waals surface area contributed by atoms with E-state index in [0.717, 1.165) is 0 Å². The molecular formula is C18H18ClFN2O5S. The summed E-state index contributed by atoms with van der Waals surface area (Å²) in [7, 11) is -3.95. The van der Waals surface area contributed by atoms with Crippen molar-refractivity contribution in [3.63, 3.8) is 0 Å². The van der Waals surface area contributed by atoms with Crippen LogP contribution in [0.5, 0.6) is 5.75 Å². The van der Waals surface area contributed by atoms with Gasteiger partial charge in [0, 0.05) is 23.2 Å². The van der Waals surface area contributed by atoms with Crippen LogP contribution in [0, 0.1) is 12.7 Å². The van der Waals surface area contributed by atoms with E-state index in [1.54, 1.807) is 13.8 Å². The topological polar surface area (TPSA) is 97.5 Å². The van der Waals surface area contributed by atoms with Crippen molar-refractivity contribution >= 4 is 27.6 Å². The summed E-state index contributed by atoms with van der Waals surface area (Å²) in [5.41, 5.74) is 0.418. The quantitative estimate of drug-likeness (QED) is 0.713. The van der Waals surface area contributed by atoms with Crippen LogP contribution in [0.3, 0.4) is 0 Å². The van der Waals surface area contributed by atoms with Crippen molar-refractivity contribution in [1.29, 1.82) is 0 Å². The number of fused-ring (bicyclic) bond motifs is 3. The number of carbonyl (C=O) groups excluding carboxylic acids is 1. The number of hydrogen-bond acceptors (Lipinski definition) is 5. The van der Waals surface area contributed by atoms with Crippen LogP contribution in [-0.4, -0.2) is 38.1 Å². The summed E-state index contributed by atoms with van der Waals surface area (Å²) in [4.78, 5) is 14.7. The molecule has 10 heteroatoms. The smallest absolute Gasteiger partial charge is 0.339 e. The molecule has 2 atom stereocenters. The van der Waals surface area contributed by atoms with Crippen molar-refractivity contribution in [3.05, 3.63) is 45.9 Å². The second-order valence-electron chi connectivity index (χ2n) is 7.00. The van der Waals surface area contributed by atoms with Crippen molar-refractivity contribution in [2.24, 2.45) is 0 Å². The maximum atomic E-state index is 13.6. The normalized spacial score (nSPS) is 22.8. The van der Waals surface area contributed by atoms with Crippen LogP contribution in [0.25, 0.3) is 0 Å². The molecule has 0 saturated heterocycles. The van der Waals surface area contributed by atoms with Gasteiger partial charge >= 0.3 is 5.97 Å². The van der Waals surface area contributed by atoms with Crippen LogP contribution >= 0.6 is 11.6 Å². The highest BCUT2D eigenvalue weighted by Gasteiger charge is 2.61. The molecule has 0 amide bonds. The number of sulfonamides is 1. The van der Waals surface area contributed by atoms with Gasteiger partial charge in [-0.15, -0.1) is 0 Å². The highest BCUT2D eigenvalue weighted by Crippen LogP contribution is 2.58. The van der Waals surface area contributed by atoms with Crippen molar-refractivity contribution in [1.82, 2.24) is 9.71 Å². The average molecular weight is 429 g/mol. The molecule has 2 aliphatic rings. The predicted octanol–water partition coefficient (Wildman–Crippen LogP) is 2.89. The van der Waals surface area contributed by atoms with Crippen molar-refractivity contribution in [2.75, 3.05) is 13.2 Å². The molecule has 7 nitrogen and oxygen atoms in total. The lowest BCUT2D eigenvalue weighted by atomic mass is 10.0. The molecule has 1 fully saturated rings. The molecule has 2 N–H and O–H groups in total. The first-order valence-electron chi connectivity index (χ1n) is 8.69. The van der Waals surface area contributed by atoms with Gasteiger partial charge in [0.1, 0.15) is 23.2 Å². The zero-order chi connectivity index (χ0) is 20.3. The fourth-order valence-electron chi connectivity index (χ4n) is 3.58. The second kappa shape index (κ2) is 6.47. The maximum absolute atomic E-state index is 13.6. The Hall–Kier alpha value is -2.10. The summed E-state index contributed by atoms with van der Waals surface area (Å²) < 4.78 is 52.6. The molecule has 1 saturated carbocycles. The summed E-state index contributed by atoms with van der Waals surface area (Å²) >= 11 is 5.86. The number of ether oxygens (including phenoxy) is 2. The van der Waals surface area contributed by atoms with Crippen molar-refractivity contribution in [2.45, 2.75) is 36.8 Å². The molecular weight excluding hydrogens is 411 g/mol. The molecule has 2 aromatic rings. The monoisotopic (exact) mass is 428 g/mol. The van der Waals surface area contributed by atoms with E-state index in [0.29, 0.717) is 23.4 Å². The molecule has 1 aliphatic heterocycles. The van der Waals surface area contributed by atoms with Gasteiger partial charge in [-0.3, -0.25) is 0 Å². The minimum Gasteiger partial charge on any atom is -0.491 e. The van der Waals surface area contributed by atoms with Crippen LogP contribution in [-0.2, 0) is 14.8 Å². The number of carbonyl (C=O) groups is 1. The number of nitrogens with one attached hydrogen (secondary N) is 2. The molecule has 150 valence electrons. The van der Waals surface area contributed by atoms with Crippen LogP contribution < -0.4 is 9.46 Å². The fraction of sp³-hybridized carbons (Fsp3) is 0.389. The molecule has 1 aliphatic carbocycles. The van der Waals surface area contributed by atoms with Crippen LogP contribution in [0.4, 0.5) is 4.39 Å². The van der Waals surface area contributed by atoms with Gasteiger partial charge in [-0.25, -0.2) is 17.6 Å². The highest BCUT2D eigenvalue weighted by molar-refractivity contribution is 7.89. The summed E-state index contributed by atoms with van der Waals surface area (Å²) in [5, 5.41) is -0.164. The third kappa shape index (κ3) is 3.07. The van der Waals surface area contributed by atoms with Gasteiger partial charge in [0.25, 0.3) is 10.0 Å². The minimum absolute atomic E-state index is 0.0352. The lowest BCUT2D eigenvalue weighted by Gasteiger charge is -2.26. The van der Waals surface area contributed by atoms with E-state index < -0.39 is 27.3 Å². The Morgan fingerprint density at radius 1 is 1.46 bits per heavy atom. The SMILES string of the molecule is CCOC(=O)c1cc(S(=O)(=O)NC23COc4cc(F)c(Cl)cc4C2C3)[nH]c1C. The Bertz CT molecular complexity index is 1080. The number of esters is 1. The first-order chi connectivity index (χ1) is 13.2. The molecule has 28 heavy (non-hydrogen) atoms. The first kappa shape index (κ1) is 19.2. The van der Waals surface area contributed by atoms with Gasteiger partial charge in [-0.1, -0.05) is 11.6 Å². The largest absolute Gasteiger partial charge is 0.491 e. The van der Waals surface area contributed by atoms with E-state index >= 15 is 0 Å². The standard InChI is InChI=1S/C18H18ClFN2O5S/c1-3-26-17(23)10-5-16(21-9(10)2)28(24,25)22-18-7-12(18)11-4-13(19)14(20)6-15(11)27-8-18/h4-6,12,21-22H,3,7-8H2,1-2H3. The Morgan fingerprint density at radius 2 is 2.21 bits per heavy atom. The molecule has 0 spiro atoms. The number of H-pyrrole nitrogens is 1. The number of rotatable bonds is 5. The van der Waals surface area contributed by atoms with E-state index in [1.165, 1.54) is 18.2 Å². The molecule has 1 aromatic heterocycles. The Morgan fingerprint density at radius 3 is 2.93 bits per heavy atom. The Labute approximate surface area is 166 Å². The van der Waals surface area contributed by atoms with E-state index in [-0.39, 0.29) is 34.7 Å². The molecule has 1 aromatic carbocycles. The van der Waals surface area contributed by atoms with Gasteiger partial charge in [0.15, 0.2) is 0 Å². The van der Waals surface area contributed by atoms with E-state index in [2.05, 4.69) is 9.71 Å². The van der Waals surface area contributed by atoms with Crippen molar-refractivity contribution < 1.29 is 27.1 Å². The number of halogens is 2. The van der Waals surface area contributed by atoms with Crippen LogP contribution in [0.2, 0.25) is 5.02 Å². The third-order valence-corrected chi connectivity index (χ3v) is 6.87. The number of benzene rings is 1. The maximum Gasteiger partial charge on any atom is 0.339 e. The number of hydrogen-bond donors (Lipinski definition) is 2. The van der Waals surface area contributed by atoms with E-state index in [4.69, 9.17) is 21.1 Å². The lowest BCUT2D eigenvalue weighted by Crippen LogP contribution is -2.44. The number of aryl methyl sites for hydroxylation is 1. The van der Waals surface area contributed by atoms with Gasteiger partial charge < -0.3 is 14.5 Å². The third-order valence-electron chi connectivity index (χ3n) is 5.10. The molecule has 2 heterocycles. The Balaban J connectivity index is 1.59. The summed E-state index contributed by atoms with van der Waals surface area (Å²) in [6.45, 7) is 3.54. The molecule has 0 radical (unpaired) electrons. The number of aromatic amines is 1. The average Bonchev–Trinajstić information content (AvgIpc) is 3.19. The molecule has 0 bridgehead atoms. The molecule has 2 unspecified atom stereocenters. The van der Waals surface area contributed by atoms with Gasteiger partial charge in [-0.05, 0) is 32.4 Å². The highest BCUT2D eigenvalue weighted by atomic mass is 35.5. The van der Waals surface area contributed by atoms with Gasteiger partial charge in [0.2, 0.25) is 0 Å². The molecule has 4 rings (SSSR count). The number of aromatic nitrogens is 1. The van der Waals surface area contributed by atoms with E-state index in [1.807, 2.05) is 0 Å². The van der Waals surface area contributed by atoms with Crippen LogP contribution in [0.1, 0.15) is 40.9 Å². The van der Waals surface area contributed by atoms with E-state index in [9.17, 15) is 17.6 Å². The second-order valence-corrected chi connectivity index (χ2v) is 9.06. The summed E-state index contributed by atoms with van der Waals surface area (Å²) in [6.07, 6.45) is 0.506. The van der Waals surface area contributed by atoms with Gasteiger partial charge in [-0.2, -0.15) is 4.72 Å². The lowest BCUT2D eigenvalue weighted by molar-refractivity contribution is 0.0525. The first-order valence-corrected chi connectivity index (χ1v) is 10.6. The summed E-state index contributed by atoms with van der Waals surface area (Å²) in [5.74, 6) is -0.960.